The van der Waals surface area contributed by atoms with E-state index < -0.39 is 30.6 Å². The van der Waals surface area contributed by atoms with Crippen molar-refractivity contribution in [3.05, 3.63) is 41.6 Å². The molecule has 1 atom stereocenters. The maximum Gasteiger partial charge on any atom is 0.422 e. The van der Waals surface area contributed by atoms with Crippen molar-refractivity contribution in [1.82, 2.24) is 10.3 Å². The molecule has 1 heterocycles. The minimum Gasteiger partial charge on any atom is -0.493 e. The molecule has 0 spiro atoms. The molecule has 158 valence electrons. The number of rotatable bonds is 8. The van der Waals surface area contributed by atoms with Crippen molar-refractivity contribution in [2.45, 2.75) is 19.1 Å². The predicted octanol–water partition coefficient (Wildman–Crippen LogP) is 3.54. The van der Waals surface area contributed by atoms with Gasteiger partial charge in [0.2, 0.25) is 11.6 Å². The fourth-order valence-electron chi connectivity index (χ4n) is 2.54. The molecule has 0 aliphatic carbocycles. The zero-order valence-corrected chi connectivity index (χ0v) is 16.3. The van der Waals surface area contributed by atoms with E-state index in [0.29, 0.717) is 22.8 Å². The van der Waals surface area contributed by atoms with Crippen molar-refractivity contribution < 1.29 is 36.9 Å². The first-order valence-electron chi connectivity index (χ1n) is 8.45. The Balaban J connectivity index is 2.24. The number of hydrogen-bond donors (Lipinski definition) is 1. The molecule has 29 heavy (non-hydrogen) atoms. The number of carbonyl (C=O) groups is 1. The van der Waals surface area contributed by atoms with Gasteiger partial charge in [-0.1, -0.05) is 0 Å². The van der Waals surface area contributed by atoms with E-state index in [2.05, 4.69) is 15.0 Å². The molecule has 1 aromatic heterocycles. The van der Waals surface area contributed by atoms with Crippen LogP contribution in [0.3, 0.4) is 0 Å². The first-order valence-corrected chi connectivity index (χ1v) is 8.45. The highest BCUT2D eigenvalue weighted by molar-refractivity contribution is 5.96. The second-order valence-electron chi connectivity index (χ2n) is 5.91. The Morgan fingerprint density at radius 1 is 1.14 bits per heavy atom. The minimum absolute atomic E-state index is 0.115. The maximum absolute atomic E-state index is 12.6. The lowest BCUT2D eigenvalue weighted by Crippen LogP contribution is -2.28. The number of alkyl halides is 3. The van der Waals surface area contributed by atoms with Gasteiger partial charge in [-0.25, -0.2) is 4.98 Å². The third-order valence-corrected chi connectivity index (χ3v) is 3.92. The summed E-state index contributed by atoms with van der Waals surface area (Å²) in [5.74, 6) is 0.153. The van der Waals surface area contributed by atoms with Gasteiger partial charge in [0.1, 0.15) is 5.56 Å². The highest BCUT2D eigenvalue weighted by atomic mass is 19.4. The molecule has 1 aromatic carbocycles. The van der Waals surface area contributed by atoms with E-state index in [1.165, 1.54) is 39.7 Å². The summed E-state index contributed by atoms with van der Waals surface area (Å²) in [7, 11) is 4.39. The Labute approximate surface area is 165 Å². The number of carbonyl (C=O) groups excluding carboxylic acids is 1. The minimum atomic E-state index is -4.55. The molecule has 0 radical (unpaired) electrons. The molecule has 0 saturated heterocycles. The summed E-state index contributed by atoms with van der Waals surface area (Å²) in [6.45, 7) is 0.151. The number of halogens is 3. The van der Waals surface area contributed by atoms with E-state index >= 15 is 0 Å². The SMILES string of the molecule is COc1cc([C@@H](C)NC(=O)c2cccnc2OCC(F)(F)F)cc(OC)c1OC. The van der Waals surface area contributed by atoms with E-state index in [1.807, 2.05) is 0 Å². The molecular formula is C19H21F3N2O5. The number of ether oxygens (including phenoxy) is 4. The van der Waals surface area contributed by atoms with Gasteiger partial charge in [0.05, 0.1) is 27.4 Å². The molecule has 1 amide bonds. The van der Waals surface area contributed by atoms with Gasteiger partial charge in [0.25, 0.3) is 5.91 Å². The molecule has 0 saturated carbocycles. The zero-order chi connectivity index (χ0) is 21.6. The highest BCUT2D eigenvalue weighted by Gasteiger charge is 2.30. The molecule has 2 rings (SSSR count). The third-order valence-electron chi connectivity index (χ3n) is 3.92. The number of nitrogens with zero attached hydrogens (tertiary/aromatic N) is 1. The number of aromatic nitrogens is 1. The van der Waals surface area contributed by atoms with Gasteiger partial charge in [0, 0.05) is 6.20 Å². The van der Waals surface area contributed by atoms with Crippen LogP contribution in [0.15, 0.2) is 30.5 Å². The summed E-state index contributed by atoms with van der Waals surface area (Å²) in [6.07, 6.45) is -3.31. The number of methoxy groups -OCH3 is 3. The van der Waals surface area contributed by atoms with Crippen molar-refractivity contribution in [2.24, 2.45) is 0 Å². The van der Waals surface area contributed by atoms with Crippen molar-refractivity contribution in [2.75, 3.05) is 27.9 Å². The van der Waals surface area contributed by atoms with Gasteiger partial charge in [-0.05, 0) is 36.8 Å². The third kappa shape index (κ3) is 5.66. The zero-order valence-electron chi connectivity index (χ0n) is 16.3. The predicted molar refractivity (Wildman–Crippen MR) is 97.8 cm³/mol. The van der Waals surface area contributed by atoms with Crippen LogP contribution in [-0.4, -0.2) is 45.0 Å². The summed E-state index contributed by atoms with van der Waals surface area (Å²) in [6, 6.07) is 5.55. The van der Waals surface area contributed by atoms with Gasteiger partial charge < -0.3 is 24.3 Å². The van der Waals surface area contributed by atoms with Crippen LogP contribution in [0.25, 0.3) is 0 Å². The van der Waals surface area contributed by atoms with Crippen molar-refractivity contribution >= 4 is 5.91 Å². The average molecular weight is 414 g/mol. The second-order valence-corrected chi connectivity index (χ2v) is 5.91. The summed E-state index contributed by atoms with van der Waals surface area (Å²) in [4.78, 5) is 16.3. The molecule has 2 aromatic rings. The summed E-state index contributed by atoms with van der Waals surface area (Å²) in [5, 5.41) is 2.70. The average Bonchev–Trinajstić information content (AvgIpc) is 2.70. The van der Waals surface area contributed by atoms with Gasteiger partial charge in [-0.2, -0.15) is 13.2 Å². The Morgan fingerprint density at radius 3 is 2.28 bits per heavy atom. The summed E-state index contributed by atoms with van der Waals surface area (Å²) in [5.41, 5.74) is 0.519. The van der Waals surface area contributed by atoms with E-state index in [4.69, 9.17) is 14.2 Å². The molecule has 0 aliphatic rings. The van der Waals surface area contributed by atoms with Crippen LogP contribution in [0.5, 0.6) is 23.1 Å². The first kappa shape index (κ1) is 22.1. The lowest BCUT2D eigenvalue weighted by Gasteiger charge is -2.19. The van der Waals surface area contributed by atoms with Crippen LogP contribution in [0.2, 0.25) is 0 Å². The summed E-state index contributed by atoms with van der Waals surface area (Å²) < 4.78 is 57.8. The second kappa shape index (κ2) is 9.35. The Kier molecular flexibility index (Phi) is 7.13. The number of hydrogen-bond acceptors (Lipinski definition) is 6. The fourth-order valence-corrected chi connectivity index (χ4v) is 2.54. The first-order chi connectivity index (χ1) is 13.7. The summed E-state index contributed by atoms with van der Waals surface area (Å²) >= 11 is 0. The standard InChI is InChI=1S/C19H21F3N2O5/c1-11(12-8-14(26-2)16(28-4)15(9-12)27-3)24-17(25)13-6-5-7-23-18(13)29-10-19(20,21)22/h5-9,11H,10H2,1-4H3,(H,24,25)/t11-/m1/s1. The largest absolute Gasteiger partial charge is 0.493 e. The number of benzene rings is 1. The van der Waals surface area contributed by atoms with Crippen molar-refractivity contribution in [1.29, 1.82) is 0 Å². The molecule has 0 fully saturated rings. The van der Waals surface area contributed by atoms with Crippen LogP contribution in [0, 0.1) is 0 Å². The fraction of sp³-hybridized carbons (Fsp3) is 0.368. The van der Waals surface area contributed by atoms with Gasteiger partial charge >= 0.3 is 6.18 Å². The Hall–Kier alpha value is -3.17. The highest BCUT2D eigenvalue weighted by Crippen LogP contribution is 2.39. The van der Waals surface area contributed by atoms with Crippen LogP contribution in [0.4, 0.5) is 13.2 Å². The van der Waals surface area contributed by atoms with Crippen LogP contribution in [0.1, 0.15) is 28.9 Å². The monoisotopic (exact) mass is 414 g/mol. The maximum atomic E-state index is 12.6. The van der Waals surface area contributed by atoms with E-state index in [1.54, 1.807) is 19.1 Å². The topological polar surface area (TPSA) is 78.9 Å². The number of amides is 1. The molecule has 0 aliphatic heterocycles. The number of nitrogens with one attached hydrogen (secondary N) is 1. The lowest BCUT2D eigenvalue weighted by atomic mass is 10.1. The van der Waals surface area contributed by atoms with Gasteiger partial charge in [-0.3, -0.25) is 4.79 Å². The molecule has 0 unspecified atom stereocenters. The van der Waals surface area contributed by atoms with E-state index in [9.17, 15) is 18.0 Å². The molecule has 1 N–H and O–H groups in total. The Bertz CT molecular complexity index is 833. The van der Waals surface area contributed by atoms with E-state index in [-0.39, 0.29) is 5.56 Å². The van der Waals surface area contributed by atoms with Crippen LogP contribution >= 0.6 is 0 Å². The smallest absolute Gasteiger partial charge is 0.422 e. The van der Waals surface area contributed by atoms with Crippen molar-refractivity contribution in [3.63, 3.8) is 0 Å². The lowest BCUT2D eigenvalue weighted by molar-refractivity contribution is -0.154. The van der Waals surface area contributed by atoms with E-state index in [0.717, 1.165) is 0 Å². The quantitative estimate of drug-likeness (QED) is 0.712. The van der Waals surface area contributed by atoms with Gasteiger partial charge in [-0.15, -0.1) is 0 Å². The molecule has 7 nitrogen and oxygen atoms in total. The van der Waals surface area contributed by atoms with Crippen molar-refractivity contribution in [3.8, 4) is 23.1 Å². The molecular weight excluding hydrogens is 393 g/mol. The van der Waals surface area contributed by atoms with Crippen LogP contribution in [-0.2, 0) is 0 Å². The normalized spacial score (nSPS) is 12.1. The van der Waals surface area contributed by atoms with Gasteiger partial charge in [0.15, 0.2) is 18.1 Å². The Morgan fingerprint density at radius 2 is 1.76 bits per heavy atom. The molecule has 10 heteroatoms. The van der Waals surface area contributed by atoms with Crippen LogP contribution < -0.4 is 24.3 Å². The molecule has 0 bridgehead atoms. The number of pyridine rings is 1.